The molecule has 1 heterocycles. The average molecular weight is 395 g/mol. The summed E-state index contributed by atoms with van der Waals surface area (Å²) in [7, 11) is 0. The highest BCUT2D eigenvalue weighted by Crippen LogP contribution is 2.41. The van der Waals surface area contributed by atoms with Crippen molar-refractivity contribution in [2.24, 2.45) is 11.3 Å². The molecule has 0 spiro atoms. The minimum absolute atomic E-state index is 0.0113. The Bertz CT molecular complexity index is 923. The highest BCUT2D eigenvalue weighted by molar-refractivity contribution is 8.03. The third kappa shape index (κ3) is 3.76. The highest BCUT2D eigenvalue weighted by atomic mass is 32.2. The molecule has 2 atom stereocenters. The van der Waals surface area contributed by atoms with Gasteiger partial charge < -0.3 is 10.6 Å². The second kappa shape index (κ2) is 8.08. The maximum Gasteiger partial charge on any atom is 0.243 e. The van der Waals surface area contributed by atoms with Gasteiger partial charge >= 0.3 is 0 Å². The van der Waals surface area contributed by atoms with Crippen LogP contribution >= 0.6 is 11.8 Å². The lowest BCUT2D eigenvalue weighted by molar-refractivity contribution is -0.125. The number of nitrogens with one attached hydrogen (secondary N) is 2. The molecule has 1 aliphatic heterocycles. The van der Waals surface area contributed by atoms with Crippen molar-refractivity contribution < 1.29 is 9.59 Å². The normalized spacial score (nSPS) is 23.1. The SMILES string of the molecule is CC1(C)C(C#N)=C(SCC(=O)N[C@H]2CCCc3ccccc32)NC(=O)[C@@H]1C#N. The van der Waals surface area contributed by atoms with Gasteiger partial charge in [0.1, 0.15) is 5.92 Å². The number of rotatable bonds is 4. The fraction of sp³-hybridized carbons (Fsp3) is 0.429. The molecule has 28 heavy (non-hydrogen) atoms. The van der Waals surface area contributed by atoms with Crippen LogP contribution in [0.25, 0.3) is 0 Å². The van der Waals surface area contributed by atoms with Gasteiger partial charge in [-0.1, -0.05) is 49.9 Å². The molecule has 0 aromatic heterocycles. The standard InChI is InChI=1S/C21H22N4O2S/c1-21(2)15(10-22)19(27)25-20(16(21)11-23)28-12-18(26)24-17-9-5-7-13-6-3-4-8-14(13)17/h3-4,6,8,15,17H,5,7,9,12H2,1-2H3,(H,24,26)(H,25,27)/t15-,17-/m0/s1. The molecule has 2 aliphatic rings. The maximum atomic E-state index is 12.5. The van der Waals surface area contributed by atoms with Crippen molar-refractivity contribution in [1.29, 1.82) is 10.5 Å². The molecule has 1 aromatic carbocycles. The Kier molecular flexibility index (Phi) is 5.76. The fourth-order valence-corrected chi connectivity index (χ4v) is 4.80. The molecule has 1 aliphatic carbocycles. The first-order valence-corrected chi connectivity index (χ1v) is 10.2. The largest absolute Gasteiger partial charge is 0.349 e. The summed E-state index contributed by atoms with van der Waals surface area (Å²) in [5, 5.41) is 24.9. The van der Waals surface area contributed by atoms with Gasteiger partial charge in [0.15, 0.2) is 0 Å². The van der Waals surface area contributed by atoms with E-state index in [1.807, 2.05) is 18.2 Å². The number of fused-ring (bicyclic) bond motifs is 1. The monoisotopic (exact) mass is 394 g/mol. The van der Waals surface area contributed by atoms with Crippen molar-refractivity contribution in [3.05, 3.63) is 46.0 Å². The van der Waals surface area contributed by atoms with E-state index in [1.54, 1.807) is 13.8 Å². The number of carbonyl (C=O) groups excluding carboxylic acids is 2. The number of benzene rings is 1. The lowest BCUT2D eigenvalue weighted by Gasteiger charge is -2.34. The van der Waals surface area contributed by atoms with Gasteiger partial charge in [0.25, 0.3) is 0 Å². The van der Waals surface area contributed by atoms with Crippen molar-refractivity contribution in [2.75, 3.05) is 5.75 Å². The minimum Gasteiger partial charge on any atom is -0.349 e. The lowest BCUT2D eigenvalue weighted by Crippen LogP contribution is -2.44. The van der Waals surface area contributed by atoms with Crippen molar-refractivity contribution in [1.82, 2.24) is 10.6 Å². The molecule has 0 bridgehead atoms. The highest BCUT2D eigenvalue weighted by Gasteiger charge is 2.44. The van der Waals surface area contributed by atoms with Crippen LogP contribution in [0, 0.1) is 34.0 Å². The number of hydrogen-bond donors (Lipinski definition) is 2. The third-order valence-electron chi connectivity index (χ3n) is 5.39. The molecule has 0 saturated carbocycles. The summed E-state index contributed by atoms with van der Waals surface area (Å²) in [5.74, 6) is -1.42. The Labute approximate surface area is 169 Å². The number of aryl methyl sites for hydroxylation is 1. The Balaban J connectivity index is 1.70. The Morgan fingerprint density at radius 2 is 2.11 bits per heavy atom. The van der Waals surface area contributed by atoms with E-state index in [4.69, 9.17) is 0 Å². The van der Waals surface area contributed by atoms with E-state index in [1.165, 1.54) is 5.56 Å². The summed E-state index contributed by atoms with van der Waals surface area (Å²) in [6, 6.07) is 12.2. The molecule has 0 unspecified atom stereocenters. The van der Waals surface area contributed by atoms with Crippen molar-refractivity contribution in [3.63, 3.8) is 0 Å². The summed E-state index contributed by atoms with van der Waals surface area (Å²) >= 11 is 1.13. The summed E-state index contributed by atoms with van der Waals surface area (Å²) in [6.45, 7) is 3.41. The Hall–Kier alpha value is -2.77. The molecular formula is C21H22N4O2S. The molecular weight excluding hydrogens is 372 g/mol. The zero-order valence-corrected chi connectivity index (χ0v) is 16.7. The third-order valence-corrected chi connectivity index (χ3v) is 6.39. The second-order valence-corrected chi connectivity index (χ2v) is 8.57. The van der Waals surface area contributed by atoms with Crippen LogP contribution in [0.5, 0.6) is 0 Å². The first-order valence-electron chi connectivity index (χ1n) is 9.23. The van der Waals surface area contributed by atoms with Gasteiger partial charge in [0.05, 0.1) is 34.5 Å². The van der Waals surface area contributed by atoms with Gasteiger partial charge in [-0.25, -0.2) is 0 Å². The molecule has 0 radical (unpaired) electrons. The van der Waals surface area contributed by atoms with Crippen LogP contribution in [0.4, 0.5) is 0 Å². The van der Waals surface area contributed by atoms with E-state index in [-0.39, 0.29) is 17.7 Å². The molecule has 0 fully saturated rings. The zero-order chi connectivity index (χ0) is 20.3. The predicted octanol–water partition coefficient (Wildman–Crippen LogP) is 2.94. The van der Waals surface area contributed by atoms with Gasteiger partial charge in [-0.15, -0.1) is 0 Å². The lowest BCUT2D eigenvalue weighted by atomic mass is 9.72. The van der Waals surface area contributed by atoms with E-state index < -0.39 is 17.2 Å². The van der Waals surface area contributed by atoms with Gasteiger partial charge in [-0.3, -0.25) is 9.59 Å². The smallest absolute Gasteiger partial charge is 0.243 e. The number of thioether (sulfide) groups is 1. The van der Waals surface area contributed by atoms with E-state index in [9.17, 15) is 20.1 Å². The first-order chi connectivity index (χ1) is 13.4. The number of hydrogen-bond acceptors (Lipinski definition) is 5. The van der Waals surface area contributed by atoms with Crippen LogP contribution in [-0.4, -0.2) is 17.6 Å². The van der Waals surface area contributed by atoms with Gasteiger partial charge in [0, 0.05) is 5.41 Å². The molecule has 1 aromatic rings. The molecule has 6 nitrogen and oxygen atoms in total. The maximum absolute atomic E-state index is 12.5. The van der Waals surface area contributed by atoms with Crippen LogP contribution in [-0.2, 0) is 16.0 Å². The molecule has 0 saturated heterocycles. The van der Waals surface area contributed by atoms with Crippen molar-refractivity contribution in [2.45, 2.75) is 39.2 Å². The van der Waals surface area contributed by atoms with Crippen LogP contribution in [0.1, 0.15) is 43.9 Å². The molecule has 2 N–H and O–H groups in total. The topological polar surface area (TPSA) is 106 Å². The van der Waals surface area contributed by atoms with Crippen molar-refractivity contribution in [3.8, 4) is 12.1 Å². The molecule has 144 valence electrons. The summed E-state index contributed by atoms with van der Waals surface area (Å²) < 4.78 is 0. The number of carbonyl (C=O) groups is 2. The summed E-state index contributed by atoms with van der Waals surface area (Å²) in [6.07, 6.45) is 2.95. The first kappa shape index (κ1) is 20.0. The molecule has 2 amide bonds. The molecule has 7 heteroatoms. The van der Waals surface area contributed by atoms with Crippen LogP contribution in [0.15, 0.2) is 34.9 Å². The Morgan fingerprint density at radius 1 is 1.36 bits per heavy atom. The van der Waals surface area contributed by atoms with E-state index in [0.717, 1.165) is 36.6 Å². The number of nitrogens with zero attached hydrogens (tertiary/aromatic N) is 2. The number of allylic oxidation sites excluding steroid dienone is 1. The number of amides is 2. The van der Waals surface area contributed by atoms with Crippen LogP contribution < -0.4 is 10.6 Å². The van der Waals surface area contributed by atoms with E-state index >= 15 is 0 Å². The fourth-order valence-electron chi connectivity index (χ4n) is 3.81. The quantitative estimate of drug-likeness (QED) is 0.817. The average Bonchev–Trinajstić information content (AvgIpc) is 2.66. The second-order valence-electron chi connectivity index (χ2n) is 7.59. The minimum atomic E-state index is -0.931. The van der Waals surface area contributed by atoms with E-state index in [2.05, 4.69) is 28.8 Å². The zero-order valence-electron chi connectivity index (χ0n) is 15.9. The van der Waals surface area contributed by atoms with Gasteiger partial charge in [-0.05, 0) is 30.4 Å². The predicted molar refractivity (Wildman–Crippen MR) is 106 cm³/mol. The number of nitriles is 2. The summed E-state index contributed by atoms with van der Waals surface area (Å²) in [4.78, 5) is 24.7. The van der Waals surface area contributed by atoms with E-state index in [0.29, 0.717) is 10.6 Å². The van der Waals surface area contributed by atoms with Gasteiger partial charge in [-0.2, -0.15) is 10.5 Å². The van der Waals surface area contributed by atoms with Crippen LogP contribution in [0.3, 0.4) is 0 Å². The molecule has 3 rings (SSSR count). The van der Waals surface area contributed by atoms with Crippen molar-refractivity contribution >= 4 is 23.6 Å². The Morgan fingerprint density at radius 3 is 2.82 bits per heavy atom. The summed E-state index contributed by atoms with van der Waals surface area (Å²) in [5.41, 5.74) is 1.87. The van der Waals surface area contributed by atoms with Gasteiger partial charge in [0.2, 0.25) is 11.8 Å². The van der Waals surface area contributed by atoms with Crippen LogP contribution in [0.2, 0.25) is 0 Å².